The third kappa shape index (κ3) is 3.18. The van der Waals surface area contributed by atoms with Crippen LogP contribution in [0.25, 0.3) is 0 Å². The first-order valence-electron chi connectivity index (χ1n) is 5.61. The van der Waals surface area contributed by atoms with Gasteiger partial charge in [0, 0.05) is 31.2 Å². The predicted molar refractivity (Wildman–Crippen MR) is 59.7 cm³/mol. The second-order valence-electron chi connectivity index (χ2n) is 4.48. The minimum atomic E-state index is -0.124. The van der Waals surface area contributed by atoms with Gasteiger partial charge in [-0.1, -0.05) is 0 Å². The van der Waals surface area contributed by atoms with Crippen LogP contribution in [-0.4, -0.2) is 49.2 Å². The van der Waals surface area contributed by atoms with E-state index in [-0.39, 0.29) is 12.0 Å². The van der Waals surface area contributed by atoms with Gasteiger partial charge in [0.2, 0.25) is 0 Å². The molecule has 0 amide bonds. The molecule has 1 rings (SSSR count). The molecule has 0 aromatic heterocycles. The van der Waals surface area contributed by atoms with Gasteiger partial charge in [-0.3, -0.25) is 9.69 Å². The van der Waals surface area contributed by atoms with Crippen molar-refractivity contribution in [1.29, 1.82) is 0 Å². The Labute approximate surface area is 92.0 Å². The number of nitrogens with one attached hydrogen (secondary N) is 1. The summed E-state index contributed by atoms with van der Waals surface area (Å²) in [6.07, 6.45) is 0.478. The number of hydrogen-bond donors (Lipinski definition) is 1. The summed E-state index contributed by atoms with van der Waals surface area (Å²) in [6.45, 7) is 8.40. The number of nitrogens with zero attached hydrogens (tertiary/aromatic N) is 1. The lowest BCUT2D eigenvalue weighted by molar-refractivity contribution is -0.142. The van der Waals surface area contributed by atoms with Crippen molar-refractivity contribution in [3.05, 3.63) is 0 Å². The number of piperazine rings is 1. The van der Waals surface area contributed by atoms with Gasteiger partial charge in [-0.2, -0.15) is 0 Å². The van der Waals surface area contributed by atoms with E-state index in [1.807, 2.05) is 0 Å². The molecular formula is C11H22N2O2. The minimum Gasteiger partial charge on any atom is -0.469 e. The topological polar surface area (TPSA) is 41.6 Å². The van der Waals surface area contributed by atoms with E-state index >= 15 is 0 Å². The van der Waals surface area contributed by atoms with E-state index in [9.17, 15) is 4.79 Å². The molecule has 1 aliphatic rings. The number of carbonyl (C=O) groups is 1. The Bertz CT molecular complexity index is 219. The molecule has 1 fully saturated rings. The highest BCUT2D eigenvalue weighted by molar-refractivity contribution is 5.70. The maximum atomic E-state index is 11.3. The van der Waals surface area contributed by atoms with E-state index in [0.717, 1.165) is 13.1 Å². The molecule has 0 saturated carbocycles. The molecule has 1 saturated heterocycles. The predicted octanol–water partition coefficient (Wildman–Crippen LogP) is 0.620. The summed E-state index contributed by atoms with van der Waals surface area (Å²) >= 11 is 0. The standard InChI is InChI=1S/C11H22N2O2/c1-8(2)13-9(3)6-12-7-10(13)5-11(14)15-4/h8-10,12H,5-7H2,1-4H3. The Balaban J connectivity index is 2.62. The molecule has 1 heterocycles. The fourth-order valence-corrected chi connectivity index (χ4v) is 2.41. The molecule has 0 radical (unpaired) electrons. The third-order valence-electron chi connectivity index (χ3n) is 2.98. The fraction of sp³-hybridized carbons (Fsp3) is 0.909. The molecule has 4 nitrogen and oxygen atoms in total. The molecule has 0 aromatic rings. The summed E-state index contributed by atoms with van der Waals surface area (Å²) in [7, 11) is 1.45. The largest absolute Gasteiger partial charge is 0.469 e. The van der Waals surface area contributed by atoms with Crippen molar-refractivity contribution in [2.45, 2.75) is 45.3 Å². The smallest absolute Gasteiger partial charge is 0.307 e. The summed E-state index contributed by atoms with van der Waals surface area (Å²) in [4.78, 5) is 13.7. The van der Waals surface area contributed by atoms with Gasteiger partial charge in [0.1, 0.15) is 0 Å². The van der Waals surface area contributed by atoms with Crippen LogP contribution in [-0.2, 0) is 9.53 Å². The van der Waals surface area contributed by atoms with Gasteiger partial charge in [0.25, 0.3) is 0 Å². The third-order valence-corrected chi connectivity index (χ3v) is 2.98. The molecule has 1 N–H and O–H groups in total. The highest BCUT2D eigenvalue weighted by Crippen LogP contribution is 2.16. The zero-order valence-corrected chi connectivity index (χ0v) is 10.1. The maximum Gasteiger partial charge on any atom is 0.307 e. The molecule has 2 atom stereocenters. The lowest BCUT2D eigenvalue weighted by Gasteiger charge is -2.43. The second-order valence-corrected chi connectivity index (χ2v) is 4.48. The lowest BCUT2D eigenvalue weighted by Crippen LogP contribution is -2.59. The van der Waals surface area contributed by atoms with Crippen LogP contribution < -0.4 is 5.32 Å². The van der Waals surface area contributed by atoms with E-state index in [1.165, 1.54) is 7.11 Å². The SMILES string of the molecule is COC(=O)CC1CNCC(C)N1C(C)C. The number of esters is 1. The summed E-state index contributed by atoms with van der Waals surface area (Å²) < 4.78 is 4.72. The van der Waals surface area contributed by atoms with E-state index in [0.29, 0.717) is 18.5 Å². The summed E-state index contributed by atoms with van der Waals surface area (Å²) in [5.74, 6) is -0.124. The van der Waals surface area contributed by atoms with Crippen molar-refractivity contribution in [1.82, 2.24) is 10.2 Å². The average molecular weight is 214 g/mol. The normalized spacial score (nSPS) is 28.1. The molecule has 0 aliphatic carbocycles. The van der Waals surface area contributed by atoms with Crippen molar-refractivity contribution < 1.29 is 9.53 Å². The first kappa shape index (κ1) is 12.5. The van der Waals surface area contributed by atoms with Crippen LogP contribution in [0.15, 0.2) is 0 Å². The first-order valence-corrected chi connectivity index (χ1v) is 5.61. The molecular weight excluding hydrogens is 192 g/mol. The first-order chi connectivity index (χ1) is 7.06. The highest BCUT2D eigenvalue weighted by atomic mass is 16.5. The monoisotopic (exact) mass is 214 g/mol. The average Bonchev–Trinajstić information content (AvgIpc) is 2.17. The lowest BCUT2D eigenvalue weighted by atomic mass is 10.0. The summed E-state index contributed by atoms with van der Waals surface area (Å²) in [6, 6.07) is 1.21. The Hall–Kier alpha value is -0.610. The van der Waals surface area contributed by atoms with E-state index < -0.39 is 0 Å². The van der Waals surface area contributed by atoms with Crippen LogP contribution in [0.4, 0.5) is 0 Å². The van der Waals surface area contributed by atoms with Crippen LogP contribution in [0.5, 0.6) is 0 Å². The Morgan fingerprint density at radius 1 is 1.53 bits per heavy atom. The van der Waals surface area contributed by atoms with Crippen molar-refractivity contribution in [3.8, 4) is 0 Å². The number of ether oxygens (including phenoxy) is 1. The van der Waals surface area contributed by atoms with Gasteiger partial charge in [-0.25, -0.2) is 0 Å². The number of rotatable bonds is 3. The molecule has 88 valence electrons. The van der Waals surface area contributed by atoms with E-state index in [4.69, 9.17) is 4.74 Å². The zero-order valence-electron chi connectivity index (χ0n) is 10.1. The van der Waals surface area contributed by atoms with Crippen molar-refractivity contribution in [2.24, 2.45) is 0 Å². The molecule has 0 bridgehead atoms. The Kier molecular flexibility index (Phi) is 4.54. The van der Waals surface area contributed by atoms with Crippen molar-refractivity contribution >= 4 is 5.97 Å². The molecule has 1 aliphatic heterocycles. The molecule has 2 unspecified atom stereocenters. The van der Waals surface area contributed by atoms with Crippen LogP contribution >= 0.6 is 0 Å². The van der Waals surface area contributed by atoms with Gasteiger partial charge in [-0.15, -0.1) is 0 Å². The minimum absolute atomic E-state index is 0.124. The fourth-order valence-electron chi connectivity index (χ4n) is 2.41. The summed E-state index contributed by atoms with van der Waals surface area (Å²) in [5, 5.41) is 3.35. The van der Waals surface area contributed by atoms with Gasteiger partial charge in [0.15, 0.2) is 0 Å². The quantitative estimate of drug-likeness (QED) is 0.699. The zero-order chi connectivity index (χ0) is 11.4. The number of methoxy groups -OCH3 is 1. The van der Waals surface area contributed by atoms with Gasteiger partial charge >= 0.3 is 5.97 Å². The summed E-state index contributed by atoms with van der Waals surface area (Å²) in [5.41, 5.74) is 0. The maximum absolute atomic E-state index is 11.3. The van der Waals surface area contributed by atoms with Crippen LogP contribution in [0.1, 0.15) is 27.2 Å². The molecule has 15 heavy (non-hydrogen) atoms. The van der Waals surface area contributed by atoms with Gasteiger partial charge < -0.3 is 10.1 Å². The van der Waals surface area contributed by atoms with E-state index in [1.54, 1.807) is 0 Å². The Morgan fingerprint density at radius 3 is 2.73 bits per heavy atom. The van der Waals surface area contributed by atoms with Crippen LogP contribution in [0, 0.1) is 0 Å². The molecule has 4 heteroatoms. The van der Waals surface area contributed by atoms with Crippen molar-refractivity contribution in [3.63, 3.8) is 0 Å². The second kappa shape index (κ2) is 5.47. The van der Waals surface area contributed by atoms with Gasteiger partial charge in [0.05, 0.1) is 13.5 Å². The van der Waals surface area contributed by atoms with Gasteiger partial charge in [-0.05, 0) is 20.8 Å². The Morgan fingerprint density at radius 2 is 2.20 bits per heavy atom. The van der Waals surface area contributed by atoms with Crippen molar-refractivity contribution in [2.75, 3.05) is 20.2 Å². The number of hydrogen-bond acceptors (Lipinski definition) is 4. The molecule has 0 spiro atoms. The number of carbonyl (C=O) groups excluding carboxylic acids is 1. The van der Waals surface area contributed by atoms with Crippen LogP contribution in [0.2, 0.25) is 0 Å². The molecule has 0 aromatic carbocycles. The highest BCUT2D eigenvalue weighted by Gasteiger charge is 2.31. The van der Waals surface area contributed by atoms with E-state index in [2.05, 4.69) is 31.0 Å². The van der Waals surface area contributed by atoms with Crippen LogP contribution in [0.3, 0.4) is 0 Å².